The van der Waals surface area contributed by atoms with Gasteiger partial charge < -0.3 is 5.32 Å². The van der Waals surface area contributed by atoms with Gasteiger partial charge in [-0.1, -0.05) is 25.3 Å². The van der Waals surface area contributed by atoms with Crippen LogP contribution >= 0.6 is 0 Å². The van der Waals surface area contributed by atoms with E-state index in [0.717, 1.165) is 12.2 Å². The van der Waals surface area contributed by atoms with Gasteiger partial charge in [0.15, 0.2) is 0 Å². The predicted octanol–water partition coefficient (Wildman–Crippen LogP) is 2.89. The highest BCUT2D eigenvalue weighted by molar-refractivity contribution is 5.04. The van der Waals surface area contributed by atoms with Gasteiger partial charge in [-0.15, -0.1) is 0 Å². The molecule has 0 saturated heterocycles. The summed E-state index contributed by atoms with van der Waals surface area (Å²) >= 11 is 0. The van der Waals surface area contributed by atoms with Crippen molar-refractivity contribution in [2.75, 3.05) is 0 Å². The summed E-state index contributed by atoms with van der Waals surface area (Å²) in [6.45, 7) is 3.24. The van der Waals surface area contributed by atoms with Crippen molar-refractivity contribution in [2.45, 2.75) is 51.1 Å². The van der Waals surface area contributed by atoms with E-state index in [9.17, 15) is 0 Å². The number of aromatic nitrogens is 1. The van der Waals surface area contributed by atoms with Crippen LogP contribution in [0.4, 0.5) is 0 Å². The third-order valence-electron chi connectivity index (χ3n) is 3.38. The van der Waals surface area contributed by atoms with Crippen LogP contribution in [0.1, 0.15) is 44.7 Å². The van der Waals surface area contributed by atoms with Crippen molar-refractivity contribution in [1.29, 1.82) is 0 Å². The first-order chi connectivity index (χ1) is 7.29. The van der Waals surface area contributed by atoms with E-state index >= 15 is 0 Å². The largest absolute Gasteiger partial charge is 0.306 e. The van der Waals surface area contributed by atoms with E-state index in [1.807, 2.05) is 18.3 Å². The molecule has 0 atom stereocenters. The maximum Gasteiger partial charge on any atom is 0.0541 e. The first-order valence-corrected chi connectivity index (χ1v) is 5.93. The summed E-state index contributed by atoms with van der Waals surface area (Å²) in [7, 11) is 0. The summed E-state index contributed by atoms with van der Waals surface area (Å²) in [6.07, 6.45) is 8.61. The van der Waals surface area contributed by atoms with Crippen molar-refractivity contribution in [3.63, 3.8) is 0 Å². The molecule has 0 aromatic carbocycles. The summed E-state index contributed by atoms with van der Waals surface area (Å²) in [5, 5.41) is 3.65. The van der Waals surface area contributed by atoms with E-state index in [-0.39, 0.29) is 0 Å². The van der Waals surface area contributed by atoms with Crippen LogP contribution in [0.3, 0.4) is 0 Å². The minimum atomic E-state index is 0.343. The van der Waals surface area contributed by atoms with E-state index < -0.39 is 0 Å². The van der Waals surface area contributed by atoms with Gasteiger partial charge in [-0.3, -0.25) is 4.98 Å². The van der Waals surface area contributed by atoms with Crippen LogP contribution < -0.4 is 5.32 Å². The Morgan fingerprint density at radius 3 is 2.73 bits per heavy atom. The standard InChI is InChI=1S/C13H20N2/c1-13(8-4-2-5-9-13)15-11-12-7-3-6-10-14-12/h3,6-7,10,15H,2,4-5,8-9,11H2,1H3. The maximum atomic E-state index is 4.33. The molecule has 1 aromatic heterocycles. The average Bonchev–Trinajstić information content (AvgIpc) is 2.29. The second kappa shape index (κ2) is 4.75. The van der Waals surface area contributed by atoms with Crippen molar-refractivity contribution in [2.24, 2.45) is 0 Å². The zero-order valence-corrected chi connectivity index (χ0v) is 9.50. The fraction of sp³-hybridized carbons (Fsp3) is 0.615. The summed E-state index contributed by atoms with van der Waals surface area (Å²) < 4.78 is 0. The molecule has 1 aromatic rings. The summed E-state index contributed by atoms with van der Waals surface area (Å²) in [5.41, 5.74) is 1.49. The smallest absolute Gasteiger partial charge is 0.0541 e. The van der Waals surface area contributed by atoms with Gasteiger partial charge in [-0.05, 0) is 31.9 Å². The van der Waals surface area contributed by atoms with Crippen LogP contribution in [0.15, 0.2) is 24.4 Å². The Labute approximate surface area is 92.1 Å². The zero-order valence-electron chi connectivity index (χ0n) is 9.50. The number of hydrogen-bond acceptors (Lipinski definition) is 2. The Morgan fingerprint density at radius 2 is 2.07 bits per heavy atom. The molecule has 0 unspecified atom stereocenters. The molecule has 0 spiro atoms. The molecule has 15 heavy (non-hydrogen) atoms. The van der Waals surface area contributed by atoms with Crippen LogP contribution in [0.5, 0.6) is 0 Å². The lowest BCUT2D eigenvalue weighted by atomic mass is 9.83. The lowest BCUT2D eigenvalue weighted by molar-refractivity contribution is 0.251. The van der Waals surface area contributed by atoms with E-state index in [2.05, 4.69) is 23.3 Å². The van der Waals surface area contributed by atoms with E-state index in [1.54, 1.807) is 0 Å². The van der Waals surface area contributed by atoms with Gasteiger partial charge in [0.2, 0.25) is 0 Å². The molecule has 0 aliphatic heterocycles. The van der Waals surface area contributed by atoms with Crippen LogP contribution in [0, 0.1) is 0 Å². The van der Waals surface area contributed by atoms with Crippen LogP contribution in [-0.4, -0.2) is 10.5 Å². The molecule has 1 heterocycles. The van der Waals surface area contributed by atoms with E-state index in [1.165, 1.54) is 32.1 Å². The molecule has 1 aliphatic carbocycles. The monoisotopic (exact) mass is 204 g/mol. The van der Waals surface area contributed by atoms with Gasteiger partial charge in [0.25, 0.3) is 0 Å². The molecule has 0 bridgehead atoms. The zero-order chi connectivity index (χ0) is 10.6. The van der Waals surface area contributed by atoms with Crippen LogP contribution in [0.2, 0.25) is 0 Å². The quantitative estimate of drug-likeness (QED) is 0.819. The molecule has 1 saturated carbocycles. The Bertz CT molecular complexity index is 289. The normalized spacial score (nSPS) is 20.1. The van der Waals surface area contributed by atoms with Crippen molar-refractivity contribution >= 4 is 0 Å². The second-order valence-corrected chi connectivity index (χ2v) is 4.80. The lowest BCUT2D eigenvalue weighted by Gasteiger charge is -2.34. The van der Waals surface area contributed by atoms with Gasteiger partial charge >= 0.3 is 0 Å². The first kappa shape index (κ1) is 10.6. The fourth-order valence-electron chi connectivity index (χ4n) is 2.32. The highest BCUT2D eigenvalue weighted by Crippen LogP contribution is 2.27. The maximum absolute atomic E-state index is 4.33. The van der Waals surface area contributed by atoms with E-state index in [0.29, 0.717) is 5.54 Å². The predicted molar refractivity (Wildman–Crippen MR) is 62.6 cm³/mol. The summed E-state index contributed by atoms with van der Waals surface area (Å²) in [6, 6.07) is 6.10. The number of hydrogen-bond donors (Lipinski definition) is 1. The van der Waals surface area contributed by atoms with Crippen molar-refractivity contribution in [3.05, 3.63) is 30.1 Å². The van der Waals surface area contributed by atoms with Crippen molar-refractivity contribution in [1.82, 2.24) is 10.3 Å². The number of nitrogens with one attached hydrogen (secondary N) is 1. The Morgan fingerprint density at radius 1 is 1.27 bits per heavy atom. The molecule has 2 heteroatoms. The molecule has 0 radical (unpaired) electrons. The van der Waals surface area contributed by atoms with E-state index in [4.69, 9.17) is 0 Å². The van der Waals surface area contributed by atoms with Gasteiger partial charge in [0, 0.05) is 18.3 Å². The van der Waals surface area contributed by atoms with Crippen LogP contribution in [-0.2, 0) is 6.54 Å². The first-order valence-electron chi connectivity index (χ1n) is 5.93. The molecule has 2 rings (SSSR count). The molecular weight excluding hydrogens is 184 g/mol. The number of nitrogens with zero attached hydrogens (tertiary/aromatic N) is 1. The second-order valence-electron chi connectivity index (χ2n) is 4.80. The Kier molecular flexibility index (Phi) is 3.37. The molecule has 1 N–H and O–H groups in total. The molecule has 82 valence electrons. The Hall–Kier alpha value is -0.890. The number of rotatable bonds is 3. The minimum absolute atomic E-state index is 0.343. The Balaban J connectivity index is 1.87. The molecule has 1 fully saturated rings. The van der Waals surface area contributed by atoms with Crippen molar-refractivity contribution in [3.8, 4) is 0 Å². The van der Waals surface area contributed by atoms with Crippen molar-refractivity contribution < 1.29 is 0 Å². The van der Waals surface area contributed by atoms with Gasteiger partial charge in [-0.2, -0.15) is 0 Å². The fourth-order valence-corrected chi connectivity index (χ4v) is 2.32. The van der Waals surface area contributed by atoms with Gasteiger partial charge in [-0.25, -0.2) is 0 Å². The average molecular weight is 204 g/mol. The molecule has 0 amide bonds. The molecule has 2 nitrogen and oxygen atoms in total. The van der Waals surface area contributed by atoms with Crippen LogP contribution in [0.25, 0.3) is 0 Å². The van der Waals surface area contributed by atoms with Gasteiger partial charge in [0.1, 0.15) is 0 Å². The third kappa shape index (κ3) is 3.03. The highest BCUT2D eigenvalue weighted by atomic mass is 15.0. The number of pyridine rings is 1. The SMILES string of the molecule is CC1(NCc2ccccn2)CCCCC1. The minimum Gasteiger partial charge on any atom is -0.306 e. The summed E-state index contributed by atoms with van der Waals surface area (Å²) in [5.74, 6) is 0. The summed E-state index contributed by atoms with van der Waals surface area (Å²) in [4.78, 5) is 4.33. The topological polar surface area (TPSA) is 24.9 Å². The lowest BCUT2D eigenvalue weighted by Crippen LogP contribution is -2.43. The highest BCUT2D eigenvalue weighted by Gasteiger charge is 2.25. The molecule has 1 aliphatic rings. The van der Waals surface area contributed by atoms with Gasteiger partial charge in [0.05, 0.1) is 5.69 Å². The third-order valence-corrected chi connectivity index (χ3v) is 3.38. The molecular formula is C13H20N2.